The number of alkyl halides is 14. The molecule has 16 heteroatoms. The van der Waals surface area contributed by atoms with E-state index in [1.165, 1.54) is 4.74 Å². The molecule has 2 nitrogen and oxygen atoms in total. The van der Waals surface area contributed by atoms with E-state index in [0.29, 0.717) is 0 Å². The number of hydrogen-bond donors (Lipinski definition) is 0. The largest absolute Gasteiger partial charge is 0.527 e. The number of halogens is 14. The summed E-state index contributed by atoms with van der Waals surface area (Å²) in [6.07, 6.45) is -33.7. The fourth-order valence-electron chi connectivity index (χ4n) is 0.993. The summed E-state index contributed by atoms with van der Waals surface area (Å²) in [7, 11) is 0. The molecule has 0 fully saturated rings. The zero-order chi connectivity index (χ0) is 22.7. The van der Waals surface area contributed by atoms with Crippen molar-refractivity contribution in [2.45, 2.75) is 56.6 Å². The lowest BCUT2D eigenvalue weighted by Crippen LogP contribution is -2.61. The van der Waals surface area contributed by atoms with Crippen molar-refractivity contribution >= 4 is 0 Å². The quantitative estimate of drug-likeness (QED) is 0.334. The van der Waals surface area contributed by atoms with Crippen LogP contribution in [0.4, 0.5) is 61.5 Å². The fraction of sp³-hybridized carbons (Fsp3) is 0.818. The maximum Gasteiger partial charge on any atom is 0.527 e. The standard InChI is InChI=1S/C9H4F14O2.C2H6/c1-2-4(11,12)3(10)5(13,14)24-7(17,18)6(15,16)8(19,20)25-9(21,22)23;1-2/h2-3H,1H2;1-2H3. The van der Waals surface area contributed by atoms with Crippen LogP contribution in [-0.2, 0) is 9.47 Å². The molecule has 1 atom stereocenters. The van der Waals surface area contributed by atoms with Gasteiger partial charge in [0.25, 0.3) is 6.17 Å². The molecule has 0 saturated heterocycles. The van der Waals surface area contributed by atoms with Gasteiger partial charge < -0.3 is 0 Å². The van der Waals surface area contributed by atoms with E-state index in [2.05, 4.69) is 6.58 Å². The molecular formula is C11H10F14O2. The van der Waals surface area contributed by atoms with Gasteiger partial charge in [0.15, 0.2) is 0 Å². The van der Waals surface area contributed by atoms with Gasteiger partial charge in [0.2, 0.25) is 0 Å². The van der Waals surface area contributed by atoms with Gasteiger partial charge in [-0.1, -0.05) is 20.4 Å². The molecule has 0 bridgehead atoms. The summed E-state index contributed by atoms with van der Waals surface area (Å²) in [5.41, 5.74) is 0. The van der Waals surface area contributed by atoms with Crippen molar-refractivity contribution in [1.29, 1.82) is 0 Å². The van der Waals surface area contributed by atoms with Gasteiger partial charge in [-0.15, -0.1) is 13.2 Å². The van der Waals surface area contributed by atoms with E-state index in [-0.39, 0.29) is 0 Å². The van der Waals surface area contributed by atoms with E-state index in [1.54, 1.807) is 4.74 Å². The van der Waals surface area contributed by atoms with E-state index in [0.717, 1.165) is 0 Å². The van der Waals surface area contributed by atoms with Crippen molar-refractivity contribution in [2.24, 2.45) is 0 Å². The first-order chi connectivity index (χ1) is 11.6. The van der Waals surface area contributed by atoms with Gasteiger partial charge in [-0.25, -0.2) is 13.9 Å². The summed E-state index contributed by atoms with van der Waals surface area (Å²) < 4.78 is 177. The average Bonchev–Trinajstić information content (AvgIpc) is 2.44. The van der Waals surface area contributed by atoms with E-state index >= 15 is 0 Å². The van der Waals surface area contributed by atoms with Crippen molar-refractivity contribution in [3.05, 3.63) is 12.7 Å². The van der Waals surface area contributed by atoms with Crippen molar-refractivity contribution in [3.8, 4) is 0 Å². The summed E-state index contributed by atoms with van der Waals surface area (Å²) in [5.74, 6) is -12.8. The van der Waals surface area contributed by atoms with Gasteiger partial charge in [-0.05, 0) is 6.08 Å². The molecule has 0 amide bonds. The Hall–Kier alpha value is -1.32. The molecule has 0 aromatic rings. The first-order valence-electron chi connectivity index (χ1n) is 6.27. The minimum Gasteiger partial charge on any atom is -0.248 e. The molecule has 0 rings (SSSR count). The fourth-order valence-corrected chi connectivity index (χ4v) is 0.993. The molecule has 0 spiro atoms. The second-order valence-corrected chi connectivity index (χ2v) is 4.06. The number of allylic oxidation sites excluding steroid dienone is 1. The Bertz CT molecular complexity index is 484. The third kappa shape index (κ3) is 6.65. The van der Waals surface area contributed by atoms with Crippen molar-refractivity contribution in [1.82, 2.24) is 0 Å². The molecule has 164 valence electrons. The zero-order valence-electron chi connectivity index (χ0n) is 13.0. The minimum absolute atomic E-state index is 0.882. The molecule has 0 aromatic heterocycles. The summed E-state index contributed by atoms with van der Waals surface area (Å²) >= 11 is 0. The Morgan fingerprint density at radius 3 is 1.33 bits per heavy atom. The SMILES string of the molecule is C=CC(F)(F)C(F)C(F)(F)OC(F)(F)C(F)(F)C(F)(F)OC(F)(F)F.CC. The first kappa shape index (κ1) is 27.9. The van der Waals surface area contributed by atoms with Crippen LogP contribution in [0, 0.1) is 0 Å². The lowest BCUT2D eigenvalue weighted by atomic mass is 10.2. The third-order valence-corrected chi connectivity index (χ3v) is 2.14. The smallest absolute Gasteiger partial charge is 0.248 e. The average molecular weight is 440 g/mol. The highest BCUT2D eigenvalue weighted by Crippen LogP contribution is 2.51. The summed E-state index contributed by atoms with van der Waals surface area (Å²) in [6, 6.07) is 0. The zero-order valence-corrected chi connectivity index (χ0v) is 13.0. The number of rotatable bonds is 8. The van der Waals surface area contributed by atoms with E-state index in [1.807, 2.05) is 13.8 Å². The van der Waals surface area contributed by atoms with Gasteiger partial charge in [0.1, 0.15) is 0 Å². The van der Waals surface area contributed by atoms with Crippen molar-refractivity contribution < 1.29 is 70.9 Å². The van der Waals surface area contributed by atoms with Gasteiger partial charge >= 0.3 is 36.5 Å². The molecule has 0 aliphatic heterocycles. The lowest BCUT2D eigenvalue weighted by Gasteiger charge is -2.34. The number of ether oxygens (including phenoxy) is 2. The van der Waals surface area contributed by atoms with Crippen LogP contribution in [-0.4, -0.2) is 42.7 Å². The molecule has 0 saturated carbocycles. The Kier molecular flexibility index (Phi) is 8.64. The molecule has 0 aromatic carbocycles. The number of hydrogen-bond acceptors (Lipinski definition) is 2. The van der Waals surface area contributed by atoms with Crippen LogP contribution < -0.4 is 0 Å². The van der Waals surface area contributed by atoms with Crippen LogP contribution in [0.2, 0.25) is 0 Å². The Balaban J connectivity index is 0. The van der Waals surface area contributed by atoms with Crippen LogP contribution in [0.5, 0.6) is 0 Å². The Morgan fingerprint density at radius 2 is 1.04 bits per heavy atom. The van der Waals surface area contributed by atoms with Crippen LogP contribution >= 0.6 is 0 Å². The van der Waals surface area contributed by atoms with Crippen LogP contribution in [0.25, 0.3) is 0 Å². The summed E-state index contributed by atoms with van der Waals surface area (Å²) in [4.78, 5) is 0. The highest BCUT2D eigenvalue weighted by Gasteiger charge is 2.79. The molecule has 0 aliphatic carbocycles. The lowest BCUT2D eigenvalue weighted by molar-refractivity contribution is -0.528. The maximum absolute atomic E-state index is 12.8. The summed E-state index contributed by atoms with van der Waals surface area (Å²) in [6.45, 7) is 6.11. The summed E-state index contributed by atoms with van der Waals surface area (Å²) in [5, 5.41) is 0. The predicted molar refractivity (Wildman–Crippen MR) is 59.4 cm³/mol. The van der Waals surface area contributed by atoms with Gasteiger partial charge in [-0.2, -0.15) is 43.9 Å². The van der Waals surface area contributed by atoms with Crippen molar-refractivity contribution in [3.63, 3.8) is 0 Å². The molecule has 27 heavy (non-hydrogen) atoms. The molecule has 1 unspecified atom stereocenters. The maximum atomic E-state index is 12.8. The normalized spacial score (nSPS) is 15.7. The minimum atomic E-state index is -7.48. The van der Waals surface area contributed by atoms with Crippen LogP contribution in [0.1, 0.15) is 13.8 Å². The topological polar surface area (TPSA) is 18.5 Å². The Morgan fingerprint density at radius 1 is 0.704 bits per heavy atom. The van der Waals surface area contributed by atoms with Crippen molar-refractivity contribution in [2.75, 3.05) is 0 Å². The van der Waals surface area contributed by atoms with E-state index in [4.69, 9.17) is 0 Å². The molecule has 0 heterocycles. The second-order valence-electron chi connectivity index (χ2n) is 4.06. The highest BCUT2D eigenvalue weighted by molar-refractivity contribution is 4.98. The molecule has 0 aliphatic rings. The van der Waals surface area contributed by atoms with Gasteiger partial charge in [0, 0.05) is 0 Å². The third-order valence-electron chi connectivity index (χ3n) is 2.14. The molecule has 0 N–H and O–H groups in total. The first-order valence-corrected chi connectivity index (χ1v) is 6.27. The highest BCUT2D eigenvalue weighted by atomic mass is 19.4. The second kappa shape index (κ2) is 8.36. The van der Waals surface area contributed by atoms with Crippen LogP contribution in [0.3, 0.4) is 0 Å². The van der Waals surface area contributed by atoms with Crippen LogP contribution in [0.15, 0.2) is 12.7 Å². The molecular weight excluding hydrogens is 430 g/mol. The molecule has 0 radical (unpaired) electrons. The monoisotopic (exact) mass is 440 g/mol. The van der Waals surface area contributed by atoms with Gasteiger partial charge in [0.05, 0.1) is 0 Å². The van der Waals surface area contributed by atoms with E-state index < -0.39 is 48.8 Å². The van der Waals surface area contributed by atoms with Gasteiger partial charge in [-0.3, -0.25) is 0 Å². The van der Waals surface area contributed by atoms with E-state index in [9.17, 15) is 61.5 Å². The predicted octanol–water partition coefficient (Wildman–Crippen LogP) is 6.14. The Labute approximate surface area is 141 Å².